The number of carbonyl (C=O) groups is 1. The molecule has 0 bridgehead atoms. The molecule has 17 heavy (non-hydrogen) atoms. The second-order valence-electron chi connectivity index (χ2n) is 5.73. The van der Waals surface area contributed by atoms with Crippen LogP contribution in [0.15, 0.2) is 0 Å². The topological polar surface area (TPSA) is 70.6 Å². The van der Waals surface area contributed by atoms with Crippen molar-refractivity contribution in [2.24, 2.45) is 5.92 Å². The van der Waals surface area contributed by atoms with Crippen molar-refractivity contribution in [3.63, 3.8) is 0 Å². The molecule has 0 aliphatic heterocycles. The van der Waals surface area contributed by atoms with Gasteiger partial charge in [0, 0.05) is 12.6 Å². The first-order valence-electron chi connectivity index (χ1n) is 6.27. The van der Waals surface area contributed by atoms with Crippen LogP contribution >= 0.6 is 0 Å². The van der Waals surface area contributed by atoms with E-state index in [4.69, 9.17) is 9.94 Å². The van der Waals surface area contributed by atoms with Crippen LogP contribution < -0.4 is 10.8 Å². The minimum absolute atomic E-state index is 0.208. The number of ether oxygens (including phenoxy) is 1. The highest BCUT2D eigenvalue weighted by atomic mass is 16.6. The Kier molecular flexibility index (Phi) is 5.21. The SMILES string of the molecule is CC(C)(C)OC(=O)NC1CCC(CNO)CC1. The number of nitrogens with one attached hydrogen (secondary N) is 2. The maximum atomic E-state index is 11.5. The molecule has 1 fully saturated rings. The van der Waals surface area contributed by atoms with Crippen molar-refractivity contribution in [3.8, 4) is 0 Å². The minimum atomic E-state index is -0.442. The fraction of sp³-hybridized carbons (Fsp3) is 0.917. The van der Waals surface area contributed by atoms with E-state index in [1.807, 2.05) is 20.8 Å². The van der Waals surface area contributed by atoms with Gasteiger partial charge in [0.25, 0.3) is 0 Å². The zero-order valence-corrected chi connectivity index (χ0v) is 11.0. The smallest absolute Gasteiger partial charge is 0.407 e. The maximum Gasteiger partial charge on any atom is 0.407 e. The molecule has 3 N–H and O–H groups in total. The largest absolute Gasteiger partial charge is 0.444 e. The Morgan fingerprint density at radius 3 is 2.35 bits per heavy atom. The molecular weight excluding hydrogens is 220 g/mol. The van der Waals surface area contributed by atoms with Crippen LogP contribution in [0.2, 0.25) is 0 Å². The molecule has 0 spiro atoms. The van der Waals surface area contributed by atoms with E-state index >= 15 is 0 Å². The number of carbonyl (C=O) groups excluding carboxylic acids is 1. The maximum absolute atomic E-state index is 11.5. The van der Waals surface area contributed by atoms with Gasteiger partial charge in [-0.05, 0) is 52.4 Å². The lowest BCUT2D eigenvalue weighted by Crippen LogP contribution is -2.41. The quantitative estimate of drug-likeness (QED) is 0.664. The predicted octanol–water partition coefficient (Wildman–Crippen LogP) is 2.05. The summed E-state index contributed by atoms with van der Waals surface area (Å²) in [6.07, 6.45) is 3.61. The second kappa shape index (κ2) is 6.21. The first-order chi connectivity index (χ1) is 7.90. The molecular formula is C12H24N2O3. The normalized spacial score (nSPS) is 25.4. The van der Waals surface area contributed by atoms with Gasteiger partial charge in [-0.2, -0.15) is 0 Å². The zero-order chi connectivity index (χ0) is 12.9. The average Bonchev–Trinajstić information content (AvgIpc) is 2.18. The van der Waals surface area contributed by atoms with Crippen LogP contribution in [0.5, 0.6) is 0 Å². The molecule has 0 aromatic heterocycles. The summed E-state index contributed by atoms with van der Waals surface area (Å²) in [4.78, 5) is 11.5. The Morgan fingerprint density at radius 2 is 1.88 bits per heavy atom. The summed E-state index contributed by atoms with van der Waals surface area (Å²) in [7, 11) is 0. The van der Waals surface area contributed by atoms with Gasteiger partial charge in [-0.1, -0.05) is 0 Å². The van der Waals surface area contributed by atoms with E-state index in [2.05, 4.69) is 10.8 Å². The molecule has 0 unspecified atom stereocenters. The highest BCUT2D eigenvalue weighted by Gasteiger charge is 2.24. The van der Waals surface area contributed by atoms with Crippen molar-refractivity contribution in [2.45, 2.75) is 58.1 Å². The van der Waals surface area contributed by atoms with Crippen LogP contribution in [0.3, 0.4) is 0 Å². The van der Waals surface area contributed by atoms with Gasteiger partial charge in [0.15, 0.2) is 0 Å². The molecule has 0 aromatic carbocycles. The highest BCUT2D eigenvalue weighted by molar-refractivity contribution is 5.68. The van der Waals surface area contributed by atoms with Gasteiger partial charge in [-0.15, -0.1) is 0 Å². The fourth-order valence-electron chi connectivity index (χ4n) is 2.11. The van der Waals surface area contributed by atoms with Crippen LogP contribution in [0, 0.1) is 5.92 Å². The third kappa shape index (κ3) is 5.89. The second-order valence-corrected chi connectivity index (χ2v) is 5.73. The monoisotopic (exact) mass is 244 g/mol. The number of rotatable bonds is 3. The Balaban J connectivity index is 2.24. The van der Waals surface area contributed by atoms with E-state index in [9.17, 15) is 4.79 Å². The summed E-state index contributed by atoms with van der Waals surface area (Å²) < 4.78 is 5.21. The molecule has 0 radical (unpaired) electrons. The van der Waals surface area contributed by atoms with Gasteiger partial charge in [0.1, 0.15) is 5.60 Å². The Labute approximate surface area is 103 Å². The highest BCUT2D eigenvalue weighted by Crippen LogP contribution is 2.23. The van der Waals surface area contributed by atoms with Gasteiger partial charge in [0.2, 0.25) is 0 Å². The standard InChI is InChI=1S/C12H24N2O3/c1-12(2,3)17-11(15)14-10-6-4-9(5-7-10)8-13-16/h9-10,13,16H,4-8H2,1-3H3,(H,14,15). The van der Waals surface area contributed by atoms with E-state index in [0.717, 1.165) is 25.7 Å². The lowest BCUT2D eigenvalue weighted by atomic mass is 9.86. The number of amides is 1. The summed E-state index contributed by atoms with van der Waals surface area (Å²) in [6.45, 7) is 6.21. The van der Waals surface area contributed by atoms with Crippen LogP contribution in [0.4, 0.5) is 4.79 Å². The van der Waals surface area contributed by atoms with Crippen LogP contribution in [-0.2, 0) is 4.74 Å². The van der Waals surface area contributed by atoms with Gasteiger partial charge < -0.3 is 15.3 Å². The van der Waals surface area contributed by atoms with E-state index in [0.29, 0.717) is 12.5 Å². The number of hydrogen-bond acceptors (Lipinski definition) is 4. The van der Waals surface area contributed by atoms with Gasteiger partial charge in [-0.3, -0.25) is 0 Å². The molecule has 0 aromatic rings. The molecule has 1 saturated carbocycles. The van der Waals surface area contributed by atoms with Crippen molar-refractivity contribution in [2.75, 3.05) is 6.54 Å². The predicted molar refractivity (Wildman–Crippen MR) is 64.9 cm³/mol. The lowest BCUT2D eigenvalue weighted by molar-refractivity contribution is 0.0482. The molecule has 1 aliphatic rings. The summed E-state index contributed by atoms with van der Waals surface area (Å²) >= 11 is 0. The third-order valence-electron chi connectivity index (χ3n) is 2.95. The molecule has 0 saturated heterocycles. The van der Waals surface area contributed by atoms with Crippen molar-refractivity contribution in [1.29, 1.82) is 0 Å². The molecule has 0 heterocycles. The first kappa shape index (κ1) is 14.3. The van der Waals surface area contributed by atoms with Crippen LogP contribution in [0.25, 0.3) is 0 Å². The summed E-state index contributed by atoms with van der Waals surface area (Å²) in [5.74, 6) is 0.511. The van der Waals surface area contributed by atoms with E-state index in [1.54, 1.807) is 0 Å². The van der Waals surface area contributed by atoms with Crippen molar-refractivity contribution in [1.82, 2.24) is 10.8 Å². The molecule has 100 valence electrons. The Bertz CT molecular complexity index is 243. The average molecular weight is 244 g/mol. The summed E-state index contributed by atoms with van der Waals surface area (Å²) in [5.41, 5.74) is 1.77. The Hall–Kier alpha value is -0.810. The number of hydrogen-bond donors (Lipinski definition) is 3. The van der Waals surface area contributed by atoms with Gasteiger partial charge in [-0.25, -0.2) is 10.3 Å². The number of hydroxylamine groups is 1. The van der Waals surface area contributed by atoms with E-state index < -0.39 is 5.60 Å². The lowest BCUT2D eigenvalue weighted by Gasteiger charge is -2.29. The fourth-order valence-corrected chi connectivity index (χ4v) is 2.11. The Morgan fingerprint density at radius 1 is 1.29 bits per heavy atom. The molecule has 1 amide bonds. The summed E-state index contributed by atoms with van der Waals surface area (Å²) in [5, 5.41) is 11.5. The van der Waals surface area contributed by atoms with Crippen molar-refractivity contribution >= 4 is 6.09 Å². The van der Waals surface area contributed by atoms with Crippen LogP contribution in [0.1, 0.15) is 46.5 Å². The summed E-state index contributed by atoms with van der Waals surface area (Å²) in [6, 6.07) is 0.208. The van der Waals surface area contributed by atoms with Crippen LogP contribution in [-0.4, -0.2) is 29.5 Å². The van der Waals surface area contributed by atoms with E-state index in [-0.39, 0.29) is 12.1 Å². The third-order valence-corrected chi connectivity index (χ3v) is 2.95. The molecule has 0 atom stereocenters. The van der Waals surface area contributed by atoms with E-state index in [1.165, 1.54) is 0 Å². The molecule has 1 aliphatic carbocycles. The van der Waals surface area contributed by atoms with Crippen molar-refractivity contribution in [3.05, 3.63) is 0 Å². The van der Waals surface area contributed by atoms with Crippen molar-refractivity contribution < 1.29 is 14.7 Å². The zero-order valence-electron chi connectivity index (χ0n) is 11.0. The van der Waals surface area contributed by atoms with Gasteiger partial charge in [0.05, 0.1) is 0 Å². The number of alkyl carbamates (subject to hydrolysis) is 1. The molecule has 5 heteroatoms. The van der Waals surface area contributed by atoms with Gasteiger partial charge >= 0.3 is 6.09 Å². The minimum Gasteiger partial charge on any atom is -0.444 e. The molecule has 5 nitrogen and oxygen atoms in total. The molecule has 1 rings (SSSR count). The first-order valence-corrected chi connectivity index (χ1v) is 6.27.